The number of aromatic nitrogens is 2. The summed E-state index contributed by atoms with van der Waals surface area (Å²) < 4.78 is 0. The van der Waals surface area contributed by atoms with Gasteiger partial charge in [-0.1, -0.05) is 24.3 Å². The van der Waals surface area contributed by atoms with Crippen molar-refractivity contribution in [3.63, 3.8) is 0 Å². The van der Waals surface area contributed by atoms with Crippen LogP contribution in [0.2, 0.25) is 0 Å². The predicted octanol–water partition coefficient (Wildman–Crippen LogP) is 1.88. The van der Waals surface area contributed by atoms with Crippen LogP contribution in [-0.2, 0) is 11.3 Å². The Bertz CT molecular complexity index is 1580. The Morgan fingerprint density at radius 2 is 1.82 bits per heavy atom. The average Bonchev–Trinajstić information content (AvgIpc) is 3.30. The van der Waals surface area contributed by atoms with Crippen molar-refractivity contribution in [3.8, 4) is 11.1 Å². The number of anilines is 1. The predicted molar refractivity (Wildman–Crippen MR) is 148 cm³/mol. The van der Waals surface area contributed by atoms with Crippen LogP contribution < -0.4 is 15.5 Å². The Hall–Kier alpha value is -4.11. The van der Waals surface area contributed by atoms with Gasteiger partial charge in [-0.2, -0.15) is 0 Å². The lowest BCUT2D eigenvalue weighted by molar-refractivity contribution is -0.130. The minimum atomic E-state index is -1.01. The molecule has 9 heteroatoms. The number of amides is 1. The highest BCUT2D eigenvalue weighted by molar-refractivity contribution is 5.88. The van der Waals surface area contributed by atoms with E-state index >= 15 is 0 Å². The molecule has 0 spiro atoms. The Labute approximate surface area is 227 Å². The molecule has 0 bridgehead atoms. The summed E-state index contributed by atoms with van der Waals surface area (Å²) in [6.45, 7) is 9.02. The number of piperidine rings is 1. The van der Waals surface area contributed by atoms with E-state index in [0.29, 0.717) is 18.2 Å². The third-order valence-corrected chi connectivity index (χ3v) is 8.04. The van der Waals surface area contributed by atoms with Gasteiger partial charge in [-0.3, -0.25) is 14.7 Å². The van der Waals surface area contributed by atoms with Gasteiger partial charge in [-0.25, -0.2) is 14.8 Å². The lowest BCUT2D eigenvalue weighted by atomic mass is 9.97. The molecule has 3 aromatic rings. The molecule has 39 heavy (non-hydrogen) atoms. The van der Waals surface area contributed by atoms with Crippen LogP contribution in [0.15, 0.2) is 53.7 Å². The fourth-order valence-corrected chi connectivity index (χ4v) is 5.82. The van der Waals surface area contributed by atoms with Crippen LogP contribution in [-0.4, -0.2) is 82.1 Å². The number of hydrogen-bond donors (Lipinski definition) is 1. The Kier molecular flexibility index (Phi) is 6.60. The highest BCUT2D eigenvalue weighted by Gasteiger charge is 2.29. The number of carbonyl (C=O) groups is 2. The van der Waals surface area contributed by atoms with Crippen molar-refractivity contribution in [2.45, 2.75) is 32.9 Å². The van der Waals surface area contributed by atoms with E-state index in [1.807, 2.05) is 4.90 Å². The summed E-state index contributed by atoms with van der Waals surface area (Å²) >= 11 is 0. The molecule has 1 atom stereocenters. The molecule has 2 fully saturated rings. The van der Waals surface area contributed by atoms with Crippen LogP contribution in [0.25, 0.3) is 16.7 Å². The molecule has 1 N–H and O–H groups in total. The molecule has 2 aromatic carbocycles. The minimum absolute atomic E-state index is 0.132. The number of aryl methyl sites for hydroxylation is 1. The van der Waals surface area contributed by atoms with Gasteiger partial charge in [-0.15, -0.1) is 0 Å². The number of fused-ring (bicyclic) bond motifs is 2. The quantitative estimate of drug-likeness (QED) is 0.544. The van der Waals surface area contributed by atoms with E-state index in [1.54, 1.807) is 13.8 Å². The molecule has 1 amide bonds. The van der Waals surface area contributed by atoms with Gasteiger partial charge < -0.3 is 14.9 Å². The van der Waals surface area contributed by atoms with Crippen molar-refractivity contribution in [3.05, 3.63) is 76.1 Å². The van der Waals surface area contributed by atoms with Crippen molar-refractivity contribution in [2.24, 2.45) is 4.99 Å². The Morgan fingerprint density at radius 3 is 2.56 bits per heavy atom. The molecule has 1 unspecified atom stereocenters. The van der Waals surface area contributed by atoms with Gasteiger partial charge in [0, 0.05) is 64.2 Å². The second-order valence-electron chi connectivity index (χ2n) is 10.6. The molecule has 6 rings (SSSR count). The van der Waals surface area contributed by atoms with Crippen molar-refractivity contribution in [1.29, 1.82) is 0 Å². The van der Waals surface area contributed by atoms with E-state index in [4.69, 9.17) is 4.99 Å². The van der Waals surface area contributed by atoms with Gasteiger partial charge in [0.05, 0.1) is 22.7 Å². The average molecular weight is 525 g/mol. The number of carboxylic acids is 1. The molecule has 2 saturated heterocycles. The molecule has 9 nitrogen and oxygen atoms in total. The summed E-state index contributed by atoms with van der Waals surface area (Å²) in [5.41, 5.74) is 5.47. The maximum atomic E-state index is 11.6. The van der Waals surface area contributed by atoms with Gasteiger partial charge in [0.1, 0.15) is 0 Å². The molecule has 1 aromatic heterocycles. The van der Waals surface area contributed by atoms with Gasteiger partial charge >= 0.3 is 5.97 Å². The first-order valence-corrected chi connectivity index (χ1v) is 13.5. The van der Waals surface area contributed by atoms with Gasteiger partial charge in [-0.05, 0) is 53.8 Å². The zero-order valence-electron chi connectivity index (χ0n) is 22.3. The highest BCUT2D eigenvalue weighted by Crippen LogP contribution is 2.26. The first-order chi connectivity index (χ1) is 18.9. The summed E-state index contributed by atoms with van der Waals surface area (Å²) in [6.07, 6.45) is 2.27. The number of piperazine rings is 1. The maximum Gasteiger partial charge on any atom is 0.339 e. The van der Waals surface area contributed by atoms with E-state index in [9.17, 15) is 14.7 Å². The van der Waals surface area contributed by atoms with E-state index in [1.165, 1.54) is 28.1 Å². The smallest absolute Gasteiger partial charge is 0.339 e. The molecule has 3 aliphatic heterocycles. The van der Waals surface area contributed by atoms with Crippen LogP contribution in [0.5, 0.6) is 0 Å². The molecular formula is C30H32N6O3. The second kappa shape index (κ2) is 10.2. The van der Waals surface area contributed by atoms with Gasteiger partial charge in [0.2, 0.25) is 11.9 Å². The fraction of sp³-hybridized carbons (Fsp3) is 0.367. The number of nitrogens with zero attached hydrogens (tertiary/aromatic N) is 6. The standard InChI is InChI=1S/C30H32N6O3/c1-19-25(29(38)39)16-31-30(32-19)36-9-8-28-26(18-36)24-15-23(6-7-27(24)33-28)22-5-3-4-21(14-22)17-34-10-12-35(13-11-34)20(2)37/h3-7,14-16,28H,8-13,17-18H2,1-2H3,(H,38,39). The van der Waals surface area contributed by atoms with Crippen molar-refractivity contribution < 1.29 is 14.7 Å². The third kappa shape index (κ3) is 5.02. The molecular weight excluding hydrogens is 492 g/mol. The molecule has 3 aliphatic rings. The number of hydrogen-bond acceptors (Lipinski definition) is 7. The molecule has 4 heterocycles. The minimum Gasteiger partial charge on any atom is -0.478 e. The van der Waals surface area contributed by atoms with E-state index in [0.717, 1.165) is 56.6 Å². The number of aromatic carboxylic acids is 1. The first-order valence-electron chi connectivity index (χ1n) is 13.5. The number of carbonyl (C=O) groups excluding carboxylic acids is 1. The fourth-order valence-electron chi connectivity index (χ4n) is 5.82. The third-order valence-electron chi connectivity index (χ3n) is 8.04. The highest BCUT2D eigenvalue weighted by atomic mass is 16.4. The van der Waals surface area contributed by atoms with Gasteiger partial charge in [0.15, 0.2) is 0 Å². The van der Waals surface area contributed by atoms with Crippen molar-refractivity contribution in [2.75, 3.05) is 44.2 Å². The second-order valence-corrected chi connectivity index (χ2v) is 10.6. The number of benzene rings is 2. The van der Waals surface area contributed by atoms with Crippen LogP contribution in [0.1, 0.15) is 35.0 Å². The van der Waals surface area contributed by atoms with Crippen molar-refractivity contribution >= 4 is 23.4 Å². The zero-order valence-corrected chi connectivity index (χ0v) is 22.3. The van der Waals surface area contributed by atoms with Crippen LogP contribution in [0.3, 0.4) is 0 Å². The summed E-state index contributed by atoms with van der Waals surface area (Å²) in [7, 11) is 0. The largest absolute Gasteiger partial charge is 0.478 e. The lowest BCUT2D eigenvalue weighted by Gasteiger charge is -2.34. The SMILES string of the molecule is CC(=O)N1CCN(Cc2cccc(-c3ccc4c(c3)=C3CN(c5ncc(C(=O)O)c(C)n5)CCC3N=4)c2)CC1. The van der Waals surface area contributed by atoms with Crippen molar-refractivity contribution in [1.82, 2.24) is 19.8 Å². The summed E-state index contributed by atoms with van der Waals surface area (Å²) in [4.78, 5) is 43.3. The molecule has 200 valence electrons. The number of rotatable bonds is 5. The molecule has 0 radical (unpaired) electrons. The summed E-state index contributed by atoms with van der Waals surface area (Å²) in [5.74, 6) is -0.299. The monoisotopic (exact) mass is 524 g/mol. The molecule has 0 saturated carbocycles. The number of carboxylic acid groups (broad SMARTS) is 1. The van der Waals surface area contributed by atoms with E-state index in [2.05, 4.69) is 62.2 Å². The molecule has 0 aliphatic carbocycles. The maximum absolute atomic E-state index is 11.6. The van der Waals surface area contributed by atoms with E-state index < -0.39 is 5.97 Å². The normalized spacial score (nSPS) is 18.9. The van der Waals surface area contributed by atoms with E-state index in [-0.39, 0.29) is 17.5 Å². The summed E-state index contributed by atoms with van der Waals surface area (Å²) in [6, 6.07) is 15.4. The van der Waals surface area contributed by atoms with Crippen LogP contribution in [0, 0.1) is 6.92 Å². The topological polar surface area (TPSA) is 102 Å². The first kappa shape index (κ1) is 25.2. The lowest BCUT2D eigenvalue weighted by Crippen LogP contribution is -2.47. The summed E-state index contributed by atoms with van der Waals surface area (Å²) in [5, 5.41) is 11.5. The van der Waals surface area contributed by atoms with Gasteiger partial charge in [0.25, 0.3) is 0 Å². The zero-order chi connectivity index (χ0) is 27.1. The Balaban J connectivity index is 1.24. The Morgan fingerprint density at radius 1 is 1.03 bits per heavy atom. The van der Waals surface area contributed by atoms with Crippen LogP contribution in [0.4, 0.5) is 5.95 Å². The van der Waals surface area contributed by atoms with Crippen LogP contribution >= 0.6 is 0 Å².